The third-order valence-corrected chi connectivity index (χ3v) is 4.64. The number of hydrogen-bond donors (Lipinski definition) is 1. The van der Waals surface area contributed by atoms with Crippen molar-refractivity contribution in [3.05, 3.63) is 0 Å². The second kappa shape index (κ2) is 5.50. The summed E-state index contributed by atoms with van der Waals surface area (Å²) in [5.41, 5.74) is 0.595. The first-order valence-corrected chi connectivity index (χ1v) is 6.98. The number of methoxy groups -OCH3 is 1. The van der Waals surface area contributed by atoms with E-state index in [2.05, 4.69) is 12.2 Å². The van der Waals surface area contributed by atoms with Gasteiger partial charge in [0.15, 0.2) is 0 Å². The Morgan fingerprint density at radius 3 is 2.31 bits per heavy atom. The molecule has 0 saturated heterocycles. The lowest BCUT2D eigenvalue weighted by Gasteiger charge is -2.32. The Morgan fingerprint density at radius 1 is 1.12 bits per heavy atom. The van der Waals surface area contributed by atoms with E-state index in [-0.39, 0.29) is 0 Å². The fourth-order valence-corrected chi connectivity index (χ4v) is 3.30. The number of hydrogen-bond acceptors (Lipinski definition) is 2. The molecule has 0 amide bonds. The fourth-order valence-electron chi connectivity index (χ4n) is 3.30. The summed E-state index contributed by atoms with van der Waals surface area (Å²) >= 11 is 0. The van der Waals surface area contributed by atoms with Crippen LogP contribution in [0.3, 0.4) is 0 Å². The maximum Gasteiger partial charge on any atom is 0.0572 e. The molecule has 1 N–H and O–H groups in total. The molecule has 2 nitrogen and oxygen atoms in total. The molecule has 0 spiro atoms. The summed E-state index contributed by atoms with van der Waals surface area (Å²) in [7, 11) is 1.85. The highest BCUT2D eigenvalue weighted by molar-refractivity contribution is 4.85. The Balaban J connectivity index is 1.67. The van der Waals surface area contributed by atoms with E-state index in [1.54, 1.807) is 0 Å². The Kier molecular flexibility index (Phi) is 4.26. The summed E-state index contributed by atoms with van der Waals surface area (Å²) in [5, 5.41) is 3.79. The highest BCUT2D eigenvalue weighted by Crippen LogP contribution is 2.37. The molecule has 0 heterocycles. The molecule has 0 radical (unpaired) electrons. The van der Waals surface area contributed by atoms with Crippen molar-refractivity contribution >= 4 is 0 Å². The van der Waals surface area contributed by atoms with Crippen molar-refractivity contribution in [2.45, 2.75) is 70.4 Å². The zero-order chi connectivity index (χ0) is 11.4. The Labute approximate surface area is 100 Å². The standard InChI is InChI=1S/C14H27NO/c1-14(9-3-4-10-14)11-15-12-5-7-13(16-2)8-6-12/h12-13,15H,3-11H2,1-2H3. The van der Waals surface area contributed by atoms with Gasteiger partial charge >= 0.3 is 0 Å². The van der Waals surface area contributed by atoms with Crippen molar-refractivity contribution in [2.75, 3.05) is 13.7 Å². The van der Waals surface area contributed by atoms with Crippen molar-refractivity contribution in [2.24, 2.45) is 5.41 Å². The first-order valence-electron chi connectivity index (χ1n) is 6.98. The quantitative estimate of drug-likeness (QED) is 0.794. The molecule has 0 aliphatic heterocycles. The summed E-state index contributed by atoms with van der Waals surface area (Å²) in [4.78, 5) is 0. The molecule has 2 saturated carbocycles. The monoisotopic (exact) mass is 225 g/mol. The average molecular weight is 225 g/mol. The predicted molar refractivity (Wildman–Crippen MR) is 67.6 cm³/mol. The maximum atomic E-state index is 5.41. The van der Waals surface area contributed by atoms with E-state index in [1.165, 1.54) is 57.9 Å². The molecule has 2 aliphatic rings. The number of ether oxygens (including phenoxy) is 1. The Morgan fingerprint density at radius 2 is 1.75 bits per heavy atom. The minimum absolute atomic E-state index is 0.528. The van der Waals surface area contributed by atoms with Gasteiger partial charge in [-0.25, -0.2) is 0 Å². The van der Waals surface area contributed by atoms with Gasteiger partial charge in [-0.1, -0.05) is 19.8 Å². The third kappa shape index (κ3) is 3.21. The summed E-state index contributed by atoms with van der Waals surface area (Å²) < 4.78 is 5.41. The molecule has 2 aliphatic carbocycles. The van der Waals surface area contributed by atoms with Gasteiger partial charge in [-0.2, -0.15) is 0 Å². The minimum atomic E-state index is 0.528. The van der Waals surface area contributed by atoms with Crippen LogP contribution in [0.15, 0.2) is 0 Å². The largest absolute Gasteiger partial charge is 0.381 e. The van der Waals surface area contributed by atoms with Crippen LogP contribution in [0.1, 0.15) is 58.3 Å². The molecule has 0 atom stereocenters. The number of nitrogens with one attached hydrogen (secondary N) is 1. The van der Waals surface area contributed by atoms with Crippen LogP contribution in [0.2, 0.25) is 0 Å². The maximum absolute atomic E-state index is 5.41. The lowest BCUT2D eigenvalue weighted by atomic mass is 9.87. The van der Waals surface area contributed by atoms with E-state index in [0.717, 1.165) is 6.04 Å². The molecule has 94 valence electrons. The topological polar surface area (TPSA) is 21.3 Å². The van der Waals surface area contributed by atoms with Crippen LogP contribution in [-0.4, -0.2) is 25.8 Å². The van der Waals surface area contributed by atoms with Gasteiger partial charge in [0.2, 0.25) is 0 Å². The van der Waals surface area contributed by atoms with Crippen molar-refractivity contribution < 1.29 is 4.74 Å². The Hall–Kier alpha value is -0.0800. The molecule has 0 bridgehead atoms. The van der Waals surface area contributed by atoms with Crippen LogP contribution in [0.25, 0.3) is 0 Å². The summed E-state index contributed by atoms with van der Waals surface area (Å²) in [6.07, 6.45) is 11.3. The smallest absolute Gasteiger partial charge is 0.0572 e. The van der Waals surface area contributed by atoms with Gasteiger partial charge in [0.1, 0.15) is 0 Å². The molecule has 2 rings (SSSR count). The first-order chi connectivity index (χ1) is 7.72. The van der Waals surface area contributed by atoms with Gasteiger partial charge < -0.3 is 10.1 Å². The average Bonchev–Trinajstić information content (AvgIpc) is 2.75. The van der Waals surface area contributed by atoms with Crippen LogP contribution in [0.5, 0.6) is 0 Å². The molecule has 0 aromatic heterocycles. The SMILES string of the molecule is COC1CCC(NCC2(C)CCCC2)CC1. The number of rotatable bonds is 4. The van der Waals surface area contributed by atoms with E-state index in [4.69, 9.17) is 4.74 Å². The molecule has 2 heteroatoms. The minimum Gasteiger partial charge on any atom is -0.381 e. The normalized spacial score (nSPS) is 34.1. The van der Waals surface area contributed by atoms with Crippen LogP contribution in [-0.2, 0) is 4.74 Å². The second-order valence-corrected chi connectivity index (χ2v) is 6.11. The fraction of sp³-hybridized carbons (Fsp3) is 1.00. The Bertz CT molecular complexity index is 203. The summed E-state index contributed by atoms with van der Waals surface area (Å²) in [6.45, 7) is 3.68. The van der Waals surface area contributed by atoms with Gasteiger partial charge in [0.25, 0.3) is 0 Å². The molecule has 16 heavy (non-hydrogen) atoms. The van der Waals surface area contributed by atoms with Gasteiger partial charge in [-0.05, 0) is 43.9 Å². The van der Waals surface area contributed by atoms with Gasteiger partial charge in [-0.3, -0.25) is 0 Å². The van der Waals surface area contributed by atoms with Crippen LogP contribution in [0.4, 0.5) is 0 Å². The predicted octanol–water partition coefficient (Wildman–Crippen LogP) is 3.11. The lowest BCUT2D eigenvalue weighted by Crippen LogP contribution is -2.40. The first kappa shape index (κ1) is 12.4. The van der Waals surface area contributed by atoms with Gasteiger partial charge in [-0.15, -0.1) is 0 Å². The van der Waals surface area contributed by atoms with Gasteiger partial charge in [0, 0.05) is 19.7 Å². The van der Waals surface area contributed by atoms with Crippen LogP contribution >= 0.6 is 0 Å². The zero-order valence-corrected chi connectivity index (χ0v) is 10.9. The van der Waals surface area contributed by atoms with Crippen molar-refractivity contribution in [3.63, 3.8) is 0 Å². The lowest BCUT2D eigenvalue weighted by molar-refractivity contribution is 0.0612. The van der Waals surface area contributed by atoms with E-state index in [0.29, 0.717) is 11.5 Å². The molecule has 2 fully saturated rings. The summed E-state index contributed by atoms with van der Waals surface area (Å²) in [5.74, 6) is 0. The highest BCUT2D eigenvalue weighted by Gasteiger charge is 2.29. The molecule has 0 aromatic rings. The van der Waals surface area contributed by atoms with Crippen molar-refractivity contribution in [1.82, 2.24) is 5.32 Å². The molecular formula is C14H27NO. The third-order valence-electron chi connectivity index (χ3n) is 4.64. The second-order valence-electron chi connectivity index (χ2n) is 6.11. The van der Waals surface area contributed by atoms with E-state index in [9.17, 15) is 0 Å². The molecule has 0 unspecified atom stereocenters. The zero-order valence-electron chi connectivity index (χ0n) is 10.9. The molecule has 0 aromatic carbocycles. The van der Waals surface area contributed by atoms with Gasteiger partial charge in [0.05, 0.1) is 6.10 Å². The van der Waals surface area contributed by atoms with E-state index >= 15 is 0 Å². The van der Waals surface area contributed by atoms with Crippen LogP contribution < -0.4 is 5.32 Å². The van der Waals surface area contributed by atoms with Crippen molar-refractivity contribution in [1.29, 1.82) is 0 Å². The summed E-state index contributed by atoms with van der Waals surface area (Å²) in [6, 6.07) is 0.754. The van der Waals surface area contributed by atoms with Crippen molar-refractivity contribution in [3.8, 4) is 0 Å². The highest BCUT2D eigenvalue weighted by atomic mass is 16.5. The van der Waals surface area contributed by atoms with E-state index < -0.39 is 0 Å². The van der Waals surface area contributed by atoms with E-state index in [1.807, 2.05) is 7.11 Å². The molecular weight excluding hydrogens is 198 g/mol. The van der Waals surface area contributed by atoms with Crippen LogP contribution in [0, 0.1) is 5.41 Å².